The van der Waals surface area contributed by atoms with E-state index in [0.29, 0.717) is 0 Å². The van der Waals surface area contributed by atoms with Gasteiger partial charge in [-0.1, -0.05) is 116 Å². The first-order valence-electron chi connectivity index (χ1n) is 17.5. The van der Waals surface area contributed by atoms with Crippen LogP contribution in [-0.4, -0.2) is 6.04 Å². The molecule has 6 aromatic carbocycles. The Hall–Kier alpha value is -6.16. The van der Waals surface area contributed by atoms with Crippen molar-refractivity contribution in [1.82, 2.24) is 0 Å². The molecule has 2 aliphatic heterocycles. The van der Waals surface area contributed by atoms with E-state index in [4.69, 9.17) is 0 Å². The second-order valence-electron chi connectivity index (χ2n) is 13.5. The molecule has 3 heterocycles. The standard InChI is InChI=1S/C48H34N2S/c1-3-10-44-31(2)39-14-9-15-41-42-30-38(26-27-45(42)50(44)48(39)41)49(36-22-17-33(18-23-36)32-11-5-4-6-12-32)37-24-19-34(20-25-37)35-21-28-47-43(29-35)40-13-7-8-16-46(40)51-47/h3-30,39,48H,1-2H2. The van der Waals surface area contributed by atoms with Crippen molar-refractivity contribution in [3.63, 3.8) is 0 Å². The summed E-state index contributed by atoms with van der Waals surface area (Å²) in [4.78, 5) is 4.85. The molecule has 242 valence electrons. The molecule has 1 aliphatic carbocycles. The maximum atomic E-state index is 4.49. The van der Waals surface area contributed by atoms with Crippen molar-refractivity contribution in [3.8, 4) is 22.3 Å². The average Bonchev–Trinajstić information content (AvgIpc) is 3.82. The Morgan fingerprint density at radius 2 is 1.27 bits per heavy atom. The van der Waals surface area contributed by atoms with E-state index < -0.39 is 0 Å². The highest BCUT2D eigenvalue weighted by Gasteiger charge is 2.48. The molecule has 1 aromatic heterocycles. The highest BCUT2D eigenvalue weighted by molar-refractivity contribution is 7.25. The molecule has 0 N–H and O–H groups in total. The van der Waals surface area contributed by atoms with E-state index >= 15 is 0 Å². The van der Waals surface area contributed by atoms with Crippen LogP contribution >= 0.6 is 11.3 Å². The predicted octanol–water partition coefficient (Wildman–Crippen LogP) is 13.3. The summed E-state index contributed by atoms with van der Waals surface area (Å²) in [7, 11) is 0. The van der Waals surface area contributed by atoms with Crippen LogP contribution in [0.1, 0.15) is 5.56 Å². The Balaban J connectivity index is 1.08. The van der Waals surface area contributed by atoms with Gasteiger partial charge in [-0.05, 0) is 100 Å². The van der Waals surface area contributed by atoms with Gasteiger partial charge in [0, 0.05) is 60.1 Å². The molecule has 0 radical (unpaired) electrons. The van der Waals surface area contributed by atoms with Gasteiger partial charge in [0.05, 0.1) is 6.04 Å². The molecule has 7 aromatic rings. The maximum Gasteiger partial charge on any atom is 0.0702 e. The quantitative estimate of drug-likeness (QED) is 0.174. The summed E-state index contributed by atoms with van der Waals surface area (Å²) in [6, 6.07) is 51.3. The molecular formula is C48H34N2S. The third kappa shape index (κ3) is 4.70. The van der Waals surface area contributed by atoms with Crippen molar-refractivity contribution in [2.45, 2.75) is 6.04 Å². The molecule has 1 fully saturated rings. The minimum atomic E-state index is 0.231. The van der Waals surface area contributed by atoms with E-state index in [0.717, 1.165) is 28.3 Å². The van der Waals surface area contributed by atoms with Crippen molar-refractivity contribution < 1.29 is 0 Å². The Bertz CT molecular complexity index is 2620. The topological polar surface area (TPSA) is 6.48 Å². The lowest BCUT2D eigenvalue weighted by molar-refractivity contribution is 0.737. The number of fused-ring (bicyclic) bond motifs is 6. The van der Waals surface area contributed by atoms with E-state index in [1.165, 1.54) is 59.3 Å². The zero-order valence-electron chi connectivity index (χ0n) is 28.0. The van der Waals surface area contributed by atoms with Crippen molar-refractivity contribution in [3.05, 3.63) is 200 Å². The molecule has 0 bridgehead atoms. The van der Waals surface area contributed by atoms with Crippen LogP contribution in [0.25, 0.3) is 48.0 Å². The number of thiophene rings is 1. The first-order valence-corrected chi connectivity index (χ1v) is 18.3. The summed E-state index contributed by atoms with van der Waals surface area (Å²) in [6.07, 6.45) is 10.8. The van der Waals surface area contributed by atoms with Crippen molar-refractivity contribution in [2.75, 3.05) is 9.80 Å². The molecule has 2 atom stereocenters. The number of nitrogens with zero attached hydrogens (tertiary/aromatic N) is 2. The Morgan fingerprint density at radius 1 is 0.627 bits per heavy atom. The van der Waals surface area contributed by atoms with Gasteiger partial charge in [-0.15, -0.1) is 11.3 Å². The fourth-order valence-corrected chi connectivity index (χ4v) is 9.37. The summed E-state index contributed by atoms with van der Waals surface area (Å²) in [5.74, 6) is 0.257. The normalized spacial score (nSPS) is 18.0. The SMILES string of the molecule is C=CC=C1C(=C)C2C=CC=C3c4cc(N(c5ccc(-c6ccccc6)cc5)c5ccc(-c6ccc7sc8ccccc8c7c6)cc5)ccc4N1C32. The maximum absolute atomic E-state index is 4.49. The van der Waals surface area contributed by atoms with E-state index in [-0.39, 0.29) is 12.0 Å². The van der Waals surface area contributed by atoms with Crippen LogP contribution in [0.5, 0.6) is 0 Å². The molecule has 2 nitrogen and oxygen atoms in total. The Morgan fingerprint density at radius 3 is 2.04 bits per heavy atom. The molecule has 10 rings (SSSR count). The second kappa shape index (κ2) is 11.7. The molecule has 0 spiro atoms. The molecule has 51 heavy (non-hydrogen) atoms. The van der Waals surface area contributed by atoms with Gasteiger partial charge < -0.3 is 9.80 Å². The molecule has 3 aliphatic rings. The number of benzene rings is 6. The fourth-order valence-electron chi connectivity index (χ4n) is 8.28. The largest absolute Gasteiger partial charge is 0.332 e. The molecule has 2 unspecified atom stereocenters. The minimum Gasteiger partial charge on any atom is -0.332 e. The Labute approximate surface area is 302 Å². The summed E-state index contributed by atoms with van der Waals surface area (Å²) in [5.41, 5.74) is 14.4. The van der Waals surface area contributed by atoms with E-state index in [2.05, 4.69) is 187 Å². The Kier molecular flexibility index (Phi) is 6.83. The number of hydrogen-bond donors (Lipinski definition) is 0. The molecule has 0 saturated carbocycles. The first-order chi connectivity index (χ1) is 25.2. The predicted molar refractivity (Wildman–Crippen MR) is 219 cm³/mol. The zero-order chi connectivity index (χ0) is 34.1. The third-order valence-corrected chi connectivity index (χ3v) is 11.8. The number of anilines is 4. The van der Waals surface area contributed by atoms with E-state index in [1.807, 2.05) is 17.4 Å². The summed E-state index contributed by atoms with van der Waals surface area (Å²) in [6.45, 7) is 8.50. The van der Waals surface area contributed by atoms with Crippen LogP contribution in [-0.2, 0) is 0 Å². The summed E-state index contributed by atoms with van der Waals surface area (Å²) < 4.78 is 2.65. The molecule has 1 saturated heterocycles. The lowest BCUT2D eigenvalue weighted by Gasteiger charge is -2.27. The van der Waals surface area contributed by atoms with Gasteiger partial charge in [-0.3, -0.25) is 0 Å². The van der Waals surface area contributed by atoms with Gasteiger partial charge in [0.15, 0.2) is 0 Å². The van der Waals surface area contributed by atoms with Crippen LogP contribution in [0.4, 0.5) is 22.7 Å². The minimum absolute atomic E-state index is 0.231. The van der Waals surface area contributed by atoms with Gasteiger partial charge in [0.1, 0.15) is 0 Å². The fraction of sp³-hybridized carbons (Fsp3) is 0.0417. The number of hydrogen-bond acceptors (Lipinski definition) is 3. The van der Waals surface area contributed by atoms with Gasteiger partial charge >= 0.3 is 0 Å². The van der Waals surface area contributed by atoms with Gasteiger partial charge in [-0.2, -0.15) is 0 Å². The van der Waals surface area contributed by atoms with Crippen molar-refractivity contribution >= 4 is 59.8 Å². The third-order valence-electron chi connectivity index (χ3n) is 10.7. The lowest BCUT2D eigenvalue weighted by Crippen LogP contribution is -2.27. The lowest BCUT2D eigenvalue weighted by atomic mass is 9.85. The van der Waals surface area contributed by atoms with Crippen LogP contribution in [0, 0.1) is 5.92 Å². The zero-order valence-corrected chi connectivity index (χ0v) is 28.9. The summed E-state index contributed by atoms with van der Waals surface area (Å²) >= 11 is 1.86. The molecule has 0 amide bonds. The molecule has 3 heteroatoms. The van der Waals surface area contributed by atoms with E-state index in [1.54, 1.807) is 0 Å². The second-order valence-corrected chi connectivity index (χ2v) is 14.5. The van der Waals surface area contributed by atoms with Gasteiger partial charge in [0.2, 0.25) is 0 Å². The van der Waals surface area contributed by atoms with E-state index in [9.17, 15) is 0 Å². The van der Waals surface area contributed by atoms with Gasteiger partial charge in [-0.25, -0.2) is 0 Å². The van der Waals surface area contributed by atoms with Gasteiger partial charge in [0.25, 0.3) is 0 Å². The number of allylic oxidation sites excluding steroid dienone is 5. The average molecular weight is 671 g/mol. The molecular weight excluding hydrogens is 637 g/mol. The van der Waals surface area contributed by atoms with Crippen LogP contribution in [0.15, 0.2) is 194 Å². The summed E-state index contributed by atoms with van der Waals surface area (Å²) in [5, 5.41) is 2.64. The van der Waals surface area contributed by atoms with Crippen LogP contribution < -0.4 is 9.80 Å². The van der Waals surface area contributed by atoms with Crippen molar-refractivity contribution in [2.24, 2.45) is 5.92 Å². The highest BCUT2D eigenvalue weighted by Crippen LogP contribution is 2.56. The van der Waals surface area contributed by atoms with Crippen LogP contribution in [0.3, 0.4) is 0 Å². The monoisotopic (exact) mass is 670 g/mol. The number of rotatable bonds is 6. The van der Waals surface area contributed by atoms with Crippen molar-refractivity contribution in [1.29, 1.82) is 0 Å². The first kappa shape index (κ1) is 29.7. The smallest absolute Gasteiger partial charge is 0.0702 e. The highest BCUT2D eigenvalue weighted by atomic mass is 32.1. The van der Waals surface area contributed by atoms with Crippen LogP contribution in [0.2, 0.25) is 0 Å².